The number of halogens is 3. The van der Waals surface area contributed by atoms with Gasteiger partial charge in [0, 0.05) is 11.1 Å². The molecular weight excluding hydrogens is 332 g/mol. The van der Waals surface area contributed by atoms with Crippen LogP contribution in [-0.4, -0.2) is 15.0 Å². The summed E-state index contributed by atoms with van der Waals surface area (Å²) in [5.41, 5.74) is 0.00810. The van der Waals surface area contributed by atoms with E-state index in [1.807, 2.05) is 0 Å². The first-order valence-electron chi connectivity index (χ1n) is 6.20. The molecule has 0 saturated carbocycles. The predicted molar refractivity (Wildman–Crippen MR) is 82.5 cm³/mol. The van der Waals surface area contributed by atoms with Gasteiger partial charge in [0.1, 0.15) is 0 Å². The number of sulfonamides is 1. The van der Waals surface area contributed by atoms with E-state index in [4.69, 9.17) is 11.6 Å². The van der Waals surface area contributed by atoms with E-state index < -0.39 is 21.7 Å². The SMILES string of the molecule is C=CCN(c1ccc(F)c(F)c1)S(=O)(=O)c1ccc(Cl)cc1. The average Bonchev–Trinajstić information content (AvgIpc) is 2.48. The number of nitrogens with zero attached hydrogens (tertiary/aromatic N) is 1. The fourth-order valence-electron chi connectivity index (χ4n) is 1.83. The van der Waals surface area contributed by atoms with Gasteiger partial charge in [0.2, 0.25) is 0 Å². The van der Waals surface area contributed by atoms with E-state index in [1.165, 1.54) is 36.4 Å². The summed E-state index contributed by atoms with van der Waals surface area (Å²) >= 11 is 5.74. The van der Waals surface area contributed by atoms with Crippen LogP contribution in [0.25, 0.3) is 0 Å². The molecular formula is C15H12ClF2NO2S. The molecule has 0 fully saturated rings. The molecule has 0 unspecified atom stereocenters. The highest BCUT2D eigenvalue weighted by Crippen LogP contribution is 2.26. The van der Waals surface area contributed by atoms with E-state index in [1.54, 1.807) is 0 Å². The summed E-state index contributed by atoms with van der Waals surface area (Å²) in [6.45, 7) is 3.40. The molecule has 0 saturated heterocycles. The van der Waals surface area contributed by atoms with Gasteiger partial charge in [-0.2, -0.15) is 0 Å². The first-order chi connectivity index (χ1) is 10.4. The van der Waals surface area contributed by atoms with Crippen LogP contribution in [0.5, 0.6) is 0 Å². The summed E-state index contributed by atoms with van der Waals surface area (Å²) in [6.07, 6.45) is 1.36. The van der Waals surface area contributed by atoms with E-state index in [2.05, 4.69) is 6.58 Å². The van der Waals surface area contributed by atoms with Gasteiger partial charge in [-0.15, -0.1) is 6.58 Å². The van der Waals surface area contributed by atoms with Gasteiger partial charge in [0.05, 0.1) is 17.1 Å². The van der Waals surface area contributed by atoms with Crippen molar-refractivity contribution in [1.82, 2.24) is 0 Å². The molecule has 0 atom stereocenters. The second-order valence-electron chi connectivity index (χ2n) is 4.38. The van der Waals surface area contributed by atoms with Crippen molar-refractivity contribution in [3.63, 3.8) is 0 Å². The van der Waals surface area contributed by atoms with Gasteiger partial charge < -0.3 is 0 Å². The summed E-state index contributed by atoms with van der Waals surface area (Å²) in [5, 5.41) is 0.391. The van der Waals surface area contributed by atoms with Gasteiger partial charge in [-0.05, 0) is 36.4 Å². The Balaban J connectivity index is 2.52. The first kappa shape index (κ1) is 16.5. The molecule has 116 valence electrons. The van der Waals surface area contributed by atoms with E-state index in [0.29, 0.717) is 5.02 Å². The Labute approximate surface area is 132 Å². The lowest BCUT2D eigenvalue weighted by atomic mass is 10.3. The van der Waals surface area contributed by atoms with Crippen molar-refractivity contribution in [2.45, 2.75) is 4.90 Å². The summed E-state index contributed by atoms with van der Waals surface area (Å²) in [5.74, 6) is -2.18. The molecule has 22 heavy (non-hydrogen) atoms. The van der Waals surface area contributed by atoms with Crippen LogP contribution in [0.4, 0.5) is 14.5 Å². The van der Waals surface area contributed by atoms with Crippen LogP contribution < -0.4 is 4.31 Å². The Morgan fingerprint density at radius 1 is 1.09 bits per heavy atom. The molecule has 2 aromatic carbocycles. The molecule has 0 N–H and O–H groups in total. The topological polar surface area (TPSA) is 37.4 Å². The van der Waals surface area contributed by atoms with E-state index in [0.717, 1.165) is 16.4 Å². The monoisotopic (exact) mass is 343 g/mol. The molecule has 0 aromatic heterocycles. The van der Waals surface area contributed by atoms with E-state index in [-0.39, 0.29) is 17.1 Å². The van der Waals surface area contributed by atoms with Crippen molar-refractivity contribution < 1.29 is 17.2 Å². The van der Waals surface area contributed by atoms with Crippen LogP contribution >= 0.6 is 11.6 Å². The number of rotatable bonds is 5. The largest absolute Gasteiger partial charge is 0.264 e. The predicted octanol–water partition coefficient (Wildman–Crippen LogP) is 4.00. The molecule has 0 spiro atoms. The minimum Gasteiger partial charge on any atom is -0.262 e. The van der Waals surface area contributed by atoms with Gasteiger partial charge in [0.25, 0.3) is 10.0 Å². The summed E-state index contributed by atoms with van der Waals surface area (Å²) in [6, 6.07) is 8.44. The molecule has 0 radical (unpaired) electrons. The quantitative estimate of drug-likeness (QED) is 0.769. The standard InChI is InChI=1S/C15H12ClF2NO2S/c1-2-9-19(12-5-8-14(17)15(18)10-12)22(20,21)13-6-3-11(16)4-7-13/h2-8,10H,1,9H2. The van der Waals surface area contributed by atoms with Crippen LogP contribution in [0, 0.1) is 11.6 Å². The van der Waals surface area contributed by atoms with E-state index in [9.17, 15) is 17.2 Å². The van der Waals surface area contributed by atoms with Crippen molar-refractivity contribution >= 4 is 27.3 Å². The summed E-state index contributed by atoms with van der Waals surface area (Å²) in [4.78, 5) is -0.0107. The first-order valence-corrected chi connectivity index (χ1v) is 8.02. The van der Waals surface area contributed by atoms with E-state index >= 15 is 0 Å². The van der Waals surface area contributed by atoms with Gasteiger partial charge >= 0.3 is 0 Å². The Bertz CT molecular complexity index is 792. The zero-order valence-corrected chi connectivity index (χ0v) is 12.9. The molecule has 0 aliphatic rings. The van der Waals surface area contributed by atoms with Gasteiger partial charge in [0.15, 0.2) is 11.6 Å². The summed E-state index contributed by atoms with van der Waals surface area (Å²) < 4.78 is 52.7. The van der Waals surface area contributed by atoms with Crippen LogP contribution in [0.1, 0.15) is 0 Å². The number of benzene rings is 2. The molecule has 7 heteroatoms. The van der Waals surface area contributed by atoms with Crippen LogP contribution in [-0.2, 0) is 10.0 Å². The number of hydrogen-bond acceptors (Lipinski definition) is 2. The van der Waals surface area contributed by atoms with Crippen LogP contribution in [0.3, 0.4) is 0 Å². The Morgan fingerprint density at radius 2 is 1.73 bits per heavy atom. The van der Waals surface area contributed by atoms with Crippen molar-refractivity contribution in [2.75, 3.05) is 10.8 Å². The van der Waals surface area contributed by atoms with Crippen LogP contribution in [0.15, 0.2) is 60.0 Å². The maximum absolute atomic E-state index is 13.4. The molecule has 0 amide bonds. The van der Waals surface area contributed by atoms with Crippen molar-refractivity contribution in [3.05, 3.63) is 71.8 Å². The minimum absolute atomic E-state index is 0.00810. The molecule has 3 nitrogen and oxygen atoms in total. The Hall–Kier alpha value is -1.92. The number of hydrogen-bond donors (Lipinski definition) is 0. The highest BCUT2D eigenvalue weighted by molar-refractivity contribution is 7.92. The maximum atomic E-state index is 13.4. The average molecular weight is 344 g/mol. The van der Waals surface area contributed by atoms with Crippen molar-refractivity contribution in [1.29, 1.82) is 0 Å². The Kier molecular flexibility index (Phi) is 4.83. The highest BCUT2D eigenvalue weighted by atomic mass is 35.5. The van der Waals surface area contributed by atoms with Gasteiger partial charge in [-0.1, -0.05) is 17.7 Å². The molecule has 0 aliphatic heterocycles. The molecule has 2 aromatic rings. The lowest BCUT2D eigenvalue weighted by Gasteiger charge is -2.23. The third kappa shape index (κ3) is 3.28. The highest BCUT2D eigenvalue weighted by Gasteiger charge is 2.24. The van der Waals surface area contributed by atoms with Crippen molar-refractivity contribution in [2.24, 2.45) is 0 Å². The van der Waals surface area contributed by atoms with Gasteiger partial charge in [-0.25, -0.2) is 17.2 Å². The fourth-order valence-corrected chi connectivity index (χ4v) is 3.39. The number of anilines is 1. The summed E-state index contributed by atoms with van der Waals surface area (Å²) in [7, 11) is -3.95. The Morgan fingerprint density at radius 3 is 2.27 bits per heavy atom. The second kappa shape index (κ2) is 6.46. The molecule has 0 aliphatic carbocycles. The van der Waals surface area contributed by atoms with Crippen molar-refractivity contribution in [3.8, 4) is 0 Å². The molecule has 0 heterocycles. The maximum Gasteiger partial charge on any atom is 0.264 e. The fraction of sp³-hybridized carbons (Fsp3) is 0.0667. The minimum atomic E-state index is -3.95. The normalized spacial score (nSPS) is 11.2. The zero-order valence-electron chi connectivity index (χ0n) is 11.3. The third-order valence-electron chi connectivity index (χ3n) is 2.89. The second-order valence-corrected chi connectivity index (χ2v) is 6.68. The lowest BCUT2D eigenvalue weighted by molar-refractivity contribution is 0.508. The molecule has 0 bridgehead atoms. The van der Waals surface area contributed by atoms with Gasteiger partial charge in [-0.3, -0.25) is 4.31 Å². The van der Waals surface area contributed by atoms with Crippen LogP contribution in [0.2, 0.25) is 5.02 Å². The third-order valence-corrected chi connectivity index (χ3v) is 4.95. The zero-order chi connectivity index (χ0) is 16.3. The molecule has 2 rings (SSSR count). The smallest absolute Gasteiger partial charge is 0.262 e. The lowest BCUT2D eigenvalue weighted by Crippen LogP contribution is -2.31.